The van der Waals surface area contributed by atoms with Crippen molar-refractivity contribution < 1.29 is 19.1 Å². The van der Waals surface area contributed by atoms with Crippen LogP contribution in [0.1, 0.15) is 39.2 Å². The summed E-state index contributed by atoms with van der Waals surface area (Å²) in [6.07, 6.45) is 1.89. The first-order valence-electron chi connectivity index (χ1n) is 9.55. The van der Waals surface area contributed by atoms with Crippen molar-refractivity contribution in [2.24, 2.45) is 5.92 Å². The molecule has 2 rings (SSSR count). The van der Waals surface area contributed by atoms with E-state index in [1.165, 1.54) is 5.56 Å². The molecule has 0 bridgehead atoms. The van der Waals surface area contributed by atoms with Gasteiger partial charge < -0.3 is 19.3 Å². The van der Waals surface area contributed by atoms with Gasteiger partial charge in [-0.15, -0.1) is 0 Å². The minimum absolute atomic E-state index is 0.0236. The van der Waals surface area contributed by atoms with Crippen LogP contribution in [-0.2, 0) is 16.0 Å². The van der Waals surface area contributed by atoms with E-state index in [1.807, 2.05) is 52.1 Å². The summed E-state index contributed by atoms with van der Waals surface area (Å²) in [5.41, 5.74) is 0.681. The van der Waals surface area contributed by atoms with E-state index >= 15 is 0 Å². The number of hydrogen-bond donors (Lipinski definition) is 0. The topological polar surface area (TPSA) is 59.1 Å². The minimum Gasteiger partial charge on any atom is -0.497 e. The number of rotatable bonds is 5. The van der Waals surface area contributed by atoms with Gasteiger partial charge in [0, 0.05) is 32.6 Å². The van der Waals surface area contributed by atoms with E-state index in [0.717, 1.165) is 12.2 Å². The zero-order valence-corrected chi connectivity index (χ0v) is 17.2. The van der Waals surface area contributed by atoms with Gasteiger partial charge in [-0.05, 0) is 57.7 Å². The fourth-order valence-electron chi connectivity index (χ4n) is 3.15. The molecule has 0 radical (unpaired) electrons. The number of likely N-dealkylation sites (N-methyl/N-ethyl adjacent to an activating group) is 1. The maximum atomic E-state index is 12.7. The lowest BCUT2D eigenvalue weighted by atomic mass is 9.95. The fraction of sp³-hybridized carbons (Fsp3) is 0.619. The molecule has 0 spiro atoms. The third-order valence-electron chi connectivity index (χ3n) is 4.77. The van der Waals surface area contributed by atoms with E-state index in [9.17, 15) is 9.59 Å². The van der Waals surface area contributed by atoms with Crippen LogP contribution in [0.3, 0.4) is 0 Å². The lowest BCUT2D eigenvalue weighted by Gasteiger charge is -2.34. The first-order chi connectivity index (χ1) is 12.7. The molecule has 0 aromatic heterocycles. The second-order valence-corrected chi connectivity index (χ2v) is 8.10. The molecule has 1 aromatic carbocycles. The van der Waals surface area contributed by atoms with Crippen molar-refractivity contribution >= 4 is 12.0 Å². The Hall–Kier alpha value is -2.24. The van der Waals surface area contributed by atoms with Crippen LogP contribution in [0.4, 0.5) is 4.79 Å². The van der Waals surface area contributed by atoms with Crippen LogP contribution >= 0.6 is 0 Å². The van der Waals surface area contributed by atoms with Crippen LogP contribution < -0.4 is 4.74 Å². The number of piperidine rings is 1. The highest BCUT2D eigenvalue weighted by Crippen LogP contribution is 2.21. The fourth-order valence-corrected chi connectivity index (χ4v) is 3.15. The van der Waals surface area contributed by atoms with Crippen LogP contribution in [0, 0.1) is 5.92 Å². The lowest BCUT2D eigenvalue weighted by molar-refractivity contribution is -0.135. The number of benzene rings is 1. The van der Waals surface area contributed by atoms with E-state index in [1.54, 1.807) is 16.9 Å². The van der Waals surface area contributed by atoms with Crippen LogP contribution in [0.25, 0.3) is 0 Å². The van der Waals surface area contributed by atoms with Gasteiger partial charge in [0.1, 0.15) is 11.4 Å². The van der Waals surface area contributed by atoms with E-state index in [4.69, 9.17) is 9.47 Å². The van der Waals surface area contributed by atoms with Crippen molar-refractivity contribution in [3.8, 4) is 5.75 Å². The molecule has 0 unspecified atom stereocenters. The molecule has 1 aliphatic rings. The van der Waals surface area contributed by atoms with Crippen LogP contribution in [-0.4, -0.2) is 61.2 Å². The standard InChI is InChI=1S/C21H32N2O4/c1-21(2,3)27-20(25)23-14-11-17(12-15-23)19(24)22(4)13-10-16-6-8-18(26-5)9-7-16/h6-9,17H,10-15H2,1-5H3. The molecular formula is C21H32N2O4. The van der Waals surface area contributed by atoms with Crippen molar-refractivity contribution in [3.63, 3.8) is 0 Å². The Morgan fingerprint density at radius 1 is 1.15 bits per heavy atom. The molecule has 2 amide bonds. The SMILES string of the molecule is COc1ccc(CCN(C)C(=O)C2CCN(C(=O)OC(C)(C)C)CC2)cc1. The number of methoxy groups -OCH3 is 1. The van der Waals surface area contributed by atoms with Crippen molar-refractivity contribution in [3.05, 3.63) is 29.8 Å². The highest BCUT2D eigenvalue weighted by Gasteiger charge is 2.31. The van der Waals surface area contributed by atoms with Gasteiger partial charge in [0.15, 0.2) is 0 Å². The minimum atomic E-state index is -0.495. The van der Waals surface area contributed by atoms with Crippen molar-refractivity contribution in [2.45, 2.75) is 45.6 Å². The molecular weight excluding hydrogens is 344 g/mol. The number of hydrogen-bond acceptors (Lipinski definition) is 4. The third-order valence-corrected chi connectivity index (χ3v) is 4.77. The Balaban J connectivity index is 1.77. The zero-order valence-electron chi connectivity index (χ0n) is 17.2. The van der Waals surface area contributed by atoms with E-state index in [0.29, 0.717) is 32.5 Å². The van der Waals surface area contributed by atoms with Gasteiger partial charge >= 0.3 is 6.09 Å². The summed E-state index contributed by atoms with van der Waals surface area (Å²) in [4.78, 5) is 28.3. The summed E-state index contributed by atoms with van der Waals surface area (Å²) in [6.45, 7) is 7.39. The molecule has 0 atom stereocenters. The molecule has 0 aliphatic carbocycles. The van der Waals surface area contributed by atoms with Gasteiger partial charge in [0.2, 0.25) is 5.91 Å². The molecule has 1 saturated heterocycles. The molecule has 6 nitrogen and oxygen atoms in total. The van der Waals surface area contributed by atoms with Crippen LogP contribution in [0.5, 0.6) is 5.75 Å². The quantitative estimate of drug-likeness (QED) is 0.791. The largest absolute Gasteiger partial charge is 0.497 e. The Labute approximate surface area is 162 Å². The molecule has 1 aromatic rings. The summed E-state index contributed by atoms with van der Waals surface area (Å²) in [7, 11) is 3.50. The monoisotopic (exact) mass is 376 g/mol. The Morgan fingerprint density at radius 2 is 1.74 bits per heavy atom. The second kappa shape index (κ2) is 9.11. The van der Waals surface area contributed by atoms with Crippen molar-refractivity contribution in [2.75, 3.05) is 33.8 Å². The Kier molecular flexibility index (Phi) is 7.11. The highest BCUT2D eigenvalue weighted by molar-refractivity contribution is 5.79. The summed E-state index contributed by atoms with van der Waals surface area (Å²) in [6, 6.07) is 7.92. The number of carbonyl (C=O) groups excluding carboxylic acids is 2. The van der Waals surface area contributed by atoms with E-state index in [2.05, 4.69) is 0 Å². The van der Waals surface area contributed by atoms with Gasteiger partial charge in [-0.1, -0.05) is 12.1 Å². The summed E-state index contributed by atoms with van der Waals surface area (Å²) in [5, 5.41) is 0. The summed E-state index contributed by atoms with van der Waals surface area (Å²) in [5.74, 6) is 0.969. The zero-order chi connectivity index (χ0) is 20.0. The number of amides is 2. The van der Waals surface area contributed by atoms with Crippen molar-refractivity contribution in [1.82, 2.24) is 9.80 Å². The first kappa shape index (κ1) is 21.1. The normalized spacial score (nSPS) is 15.4. The first-order valence-corrected chi connectivity index (χ1v) is 9.55. The molecule has 1 fully saturated rings. The number of nitrogens with zero attached hydrogens (tertiary/aromatic N) is 2. The molecule has 1 heterocycles. The molecule has 0 N–H and O–H groups in total. The van der Waals surface area contributed by atoms with Gasteiger partial charge in [0.25, 0.3) is 0 Å². The summed E-state index contributed by atoms with van der Waals surface area (Å²) < 4.78 is 10.6. The van der Waals surface area contributed by atoms with Crippen LogP contribution in [0.2, 0.25) is 0 Å². The predicted molar refractivity (Wildman–Crippen MR) is 105 cm³/mol. The molecule has 1 aliphatic heterocycles. The average Bonchev–Trinajstić information content (AvgIpc) is 2.64. The highest BCUT2D eigenvalue weighted by atomic mass is 16.6. The van der Waals surface area contributed by atoms with Crippen molar-refractivity contribution in [1.29, 1.82) is 0 Å². The lowest BCUT2D eigenvalue weighted by Crippen LogP contribution is -2.45. The molecule has 27 heavy (non-hydrogen) atoms. The molecule has 150 valence electrons. The van der Waals surface area contributed by atoms with E-state index in [-0.39, 0.29) is 17.9 Å². The Bertz CT molecular complexity index is 629. The van der Waals surface area contributed by atoms with Gasteiger partial charge in [0.05, 0.1) is 7.11 Å². The maximum absolute atomic E-state index is 12.7. The van der Waals surface area contributed by atoms with Gasteiger partial charge in [-0.2, -0.15) is 0 Å². The average molecular weight is 376 g/mol. The smallest absolute Gasteiger partial charge is 0.410 e. The number of ether oxygens (including phenoxy) is 2. The second-order valence-electron chi connectivity index (χ2n) is 8.10. The number of likely N-dealkylation sites (tertiary alicyclic amines) is 1. The van der Waals surface area contributed by atoms with Crippen LogP contribution in [0.15, 0.2) is 24.3 Å². The van der Waals surface area contributed by atoms with Gasteiger partial charge in [-0.3, -0.25) is 4.79 Å². The van der Waals surface area contributed by atoms with E-state index < -0.39 is 5.60 Å². The molecule has 6 heteroatoms. The maximum Gasteiger partial charge on any atom is 0.410 e. The summed E-state index contributed by atoms with van der Waals surface area (Å²) >= 11 is 0. The Morgan fingerprint density at radius 3 is 2.26 bits per heavy atom. The molecule has 0 saturated carbocycles. The third kappa shape index (κ3) is 6.45. The predicted octanol–water partition coefficient (Wildman–Crippen LogP) is 3.34. The number of carbonyl (C=O) groups is 2. The van der Waals surface area contributed by atoms with Gasteiger partial charge in [-0.25, -0.2) is 4.79 Å².